The second-order valence-electron chi connectivity index (χ2n) is 4.90. The third-order valence-electron chi connectivity index (χ3n) is 3.55. The minimum absolute atomic E-state index is 0.730. The van der Waals surface area contributed by atoms with Crippen LogP contribution in [-0.2, 0) is 6.67 Å². The van der Waals surface area contributed by atoms with E-state index < -0.39 is 0 Å². The fourth-order valence-corrected chi connectivity index (χ4v) is 2.54. The smallest absolute Gasteiger partial charge is 0.203 e. The van der Waals surface area contributed by atoms with Gasteiger partial charge in [-0.15, -0.1) is 0 Å². The molecule has 1 aliphatic carbocycles. The molecule has 1 saturated carbocycles. The molecule has 1 aromatic heterocycles. The van der Waals surface area contributed by atoms with Crippen LogP contribution in [0.15, 0.2) is 36.7 Å². The van der Waals surface area contributed by atoms with Gasteiger partial charge in [-0.2, -0.15) is 5.10 Å². The zero-order valence-corrected chi connectivity index (χ0v) is 11.9. The lowest BCUT2D eigenvalue weighted by atomic mass is 10.3. The number of hydrogen-bond acceptors (Lipinski definition) is 3. The summed E-state index contributed by atoms with van der Waals surface area (Å²) in [4.78, 5) is 2.43. The van der Waals surface area contributed by atoms with E-state index in [2.05, 4.69) is 16.9 Å². The van der Waals surface area contributed by atoms with Crippen LogP contribution in [0.3, 0.4) is 0 Å². The molecule has 0 bridgehead atoms. The average molecular weight is 274 g/mol. The van der Waals surface area contributed by atoms with E-state index in [1.165, 1.54) is 12.8 Å². The topological polar surface area (TPSA) is 26.0 Å². The molecule has 0 saturated heterocycles. The first-order valence-electron chi connectivity index (χ1n) is 6.73. The summed E-state index contributed by atoms with van der Waals surface area (Å²) in [6, 6.07) is 10.8. The second kappa shape index (κ2) is 5.27. The lowest BCUT2D eigenvalue weighted by Gasteiger charge is -2.19. The molecule has 100 valence electrons. The predicted molar refractivity (Wildman–Crippen MR) is 77.8 cm³/mol. The molecular formula is C14H18N4S. The fourth-order valence-electron chi connectivity index (χ4n) is 2.29. The Morgan fingerprint density at radius 3 is 2.68 bits per heavy atom. The summed E-state index contributed by atoms with van der Waals surface area (Å²) < 4.78 is 4.62. The largest absolute Gasteiger partial charge is 0.282 e. The fraction of sp³-hybridized carbons (Fsp3) is 0.429. The van der Waals surface area contributed by atoms with E-state index in [9.17, 15) is 0 Å². The lowest BCUT2D eigenvalue weighted by molar-refractivity contribution is 0.206. The van der Waals surface area contributed by atoms with E-state index in [4.69, 9.17) is 12.2 Å². The molecule has 0 atom stereocenters. The molecule has 3 rings (SSSR count). The van der Waals surface area contributed by atoms with Gasteiger partial charge in [-0.05, 0) is 43.7 Å². The van der Waals surface area contributed by atoms with Crippen LogP contribution in [0.25, 0.3) is 5.69 Å². The van der Waals surface area contributed by atoms with E-state index in [1.807, 2.05) is 39.6 Å². The van der Waals surface area contributed by atoms with Crippen molar-refractivity contribution in [3.8, 4) is 5.69 Å². The summed E-state index contributed by atoms with van der Waals surface area (Å²) in [5.74, 6) is 0. The maximum atomic E-state index is 5.52. The summed E-state index contributed by atoms with van der Waals surface area (Å²) in [5, 5.41) is 4.42. The quantitative estimate of drug-likeness (QED) is 0.784. The molecule has 0 spiro atoms. The second-order valence-corrected chi connectivity index (χ2v) is 5.26. The highest BCUT2D eigenvalue weighted by Gasteiger charge is 2.28. The van der Waals surface area contributed by atoms with Crippen LogP contribution in [0.1, 0.15) is 19.8 Å². The van der Waals surface area contributed by atoms with Crippen LogP contribution in [0, 0.1) is 4.77 Å². The summed E-state index contributed by atoms with van der Waals surface area (Å²) >= 11 is 5.52. The molecule has 2 aromatic rings. The first-order chi connectivity index (χ1) is 9.29. The summed E-state index contributed by atoms with van der Waals surface area (Å²) in [7, 11) is 0. The third-order valence-corrected chi connectivity index (χ3v) is 3.96. The minimum atomic E-state index is 0.730. The Bertz CT molecular complexity index is 597. The van der Waals surface area contributed by atoms with Gasteiger partial charge in [-0.1, -0.05) is 25.1 Å². The number of nitrogens with zero attached hydrogens (tertiary/aromatic N) is 4. The maximum absolute atomic E-state index is 5.52. The van der Waals surface area contributed by atoms with Crippen molar-refractivity contribution in [1.29, 1.82) is 0 Å². The van der Waals surface area contributed by atoms with Crippen molar-refractivity contribution in [3.05, 3.63) is 41.4 Å². The SMILES string of the molecule is CCN(Cn1ncn(-c2ccccc2)c1=S)C1CC1. The van der Waals surface area contributed by atoms with Crippen molar-refractivity contribution >= 4 is 12.2 Å². The zero-order chi connectivity index (χ0) is 13.2. The predicted octanol–water partition coefficient (Wildman–Crippen LogP) is 2.85. The van der Waals surface area contributed by atoms with Crippen molar-refractivity contribution in [1.82, 2.24) is 19.2 Å². The van der Waals surface area contributed by atoms with E-state index in [1.54, 1.807) is 6.33 Å². The summed E-state index contributed by atoms with van der Waals surface area (Å²) in [5.41, 5.74) is 1.06. The highest BCUT2D eigenvalue weighted by molar-refractivity contribution is 7.71. The number of benzene rings is 1. The van der Waals surface area contributed by atoms with Gasteiger partial charge in [0, 0.05) is 11.7 Å². The van der Waals surface area contributed by atoms with Crippen molar-refractivity contribution in [2.45, 2.75) is 32.5 Å². The van der Waals surface area contributed by atoms with E-state index in [0.29, 0.717) is 0 Å². The van der Waals surface area contributed by atoms with Gasteiger partial charge in [-0.25, -0.2) is 4.68 Å². The summed E-state index contributed by atoms with van der Waals surface area (Å²) in [6.07, 6.45) is 4.42. The molecule has 1 aromatic carbocycles. The first kappa shape index (κ1) is 12.6. The molecule has 1 heterocycles. The maximum Gasteiger partial charge on any atom is 0.203 e. The highest BCUT2D eigenvalue weighted by atomic mass is 32.1. The van der Waals surface area contributed by atoms with E-state index in [-0.39, 0.29) is 0 Å². The third kappa shape index (κ3) is 2.62. The number of rotatable bonds is 5. The minimum Gasteiger partial charge on any atom is -0.282 e. The van der Waals surface area contributed by atoms with Crippen LogP contribution in [0.5, 0.6) is 0 Å². The number of aromatic nitrogens is 3. The molecule has 5 heteroatoms. The average Bonchev–Trinajstić information content (AvgIpc) is 3.22. The molecule has 0 aliphatic heterocycles. The van der Waals surface area contributed by atoms with Crippen molar-refractivity contribution in [3.63, 3.8) is 0 Å². The Hall–Kier alpha value is -1.46. The molecule has 1 aliphatic rings. The number of hydrogen-bond donors (Lipinski definition) is 0. The molecule has 1 fully saturated rings. The van der Waals surface area contributed by atoms with Gasteiger partial charge in [0.25, 0.3) is 0 Å². The van der Waals surface area contributed by atoms with Crippen LogP contribution >= 0.6 is 12.2 Å². The molecule has 0 N–H and O–H groups in total. The van der Waals surface area contributed by atoms with Gasteiger partial charge in [0.2, 0.25) is 4.77 Å². The zero-order valence-electron chi connectivity index (χ0n) is 11.1. The van der Waals surface area contributed by atoms with Crippen molar-refractivity contribution < 1.29 is 0 Å². The Labute approximate surface area is 118 Å². The molecule has 19 heavy (non-hydrogen) atoms. The standard InChI is InChI=1S/C14H18N4S/c1-2-16(12-8-9-12)11-18-14(19)17(10-15-18)13-6-4-3-5-7-13/h3-7,10,12H,2,8-9,11H2,1H3. The normalized spacial score (nSPS) is 15.1. The molecule has 0 radical (unpaired) electrons. The van der Waals surface area contributed by atoms with Crippen LogP contribution in [0.4, 0.5) is 0 Å². The monoisotopic (exact) mass is 274 g/mol. The van der Waals surface area contributed by atoms with Crippen molar-refractivity contribution in [2.75, 3.05) is 6.54 Å². The molecule has 0 amide bonds. The van der Waals surface area contributed by atoms with Gasteiger partial charge in [0.15, 0.2) is 0 Å². The van der Waals surface area contributed by atoms with E-state index >= 15 is 0 Å². The highest BCUT2D eigenvalue weighted by Crippen LogP contribution is 2.26. The van der Waals surface area contributed by atoms with Gasteiger partial charge >= 0.3 is 0 Å². The van der Waals surface area contributed by atoms with E-state index in [0.717, 1.165) is 29.7 Å². The molecular weight excluding hydrogens is 256 g/mol. The van der Waals surface area contributed by atoms with Gasteiger partial charge in [0.05, 0.1) is 6.67 Å². The summed E-state index contributed by atoms with van der Waals surface area (Å²) in [6.45, 7) is 4.03. The Morgan fingerprint density at radius 2 is 2.05 bits per heavy atom. The Morgan fingerprint density at radius 1 is 1.32 bits per heavy atom. The lowest BCUT2D eigenvalue weighted by Crippen LogP contribution is -2.29. The van der Waals surface area contributed by atoms with Crippen LogP contribution < -0.4 is 0 Å². The van der Waals surface area contributed by atoms with Crippen LogP contribution in [-0.4, -0.2) is 31.8 Å². The van der Waals surface area contributed by atoms with Gasteiger partial charge < -0.3 is 0 Å². The molecule has 4 nitrogen and oxygen atoms in total. The number of para-hydroxylation sites is 1. The van der Waals surface area contributed by atoms with Gasteiger partial charge in [-0.3, -0.25) is 9.47 Å². The van der Waals surface area contributed by atoms with Crippen LogP contribution in [0.2, 0.25) is 0 Å². The Balaban J connectivity index is 1.85. The molecule has 0 unspecified atom stereocenters. The first-order valence-corrected chi connectivity index (χ1v) is 7.14. The van der Waals surface area contributed by atoms with Gasteiger partial charge in [0.1, 0.15) is 6.33 Å². The Kier molecular flexibility index (Phi) is 3.48. The van der Waals surface area contributed by atoms with Crippen molar-refractivity contribution in [2.24, 2.45) is 0 Å².